The minimum absolute atomic E-state index is 0.308. The van der Waals surface area contributed by atoms with Gasteiger partial charge in [-0.05, 0) is 49.4 Å². The molecule has 0 spiro atoms. The summed E-state index contributed by atoms with van der Waals surface area (Å²) in [5, 5.41) is 4.64. The molecule has 6 nitrogen and oxygen atoms in total. The molecule has 0 unspecified atom stereocenters. The molecule has 0 bridgehead atoms. The molecule has 120 valence electrons. The van der Waals surface area contributed by atoms with Crippen LogP contribution in [0.15, 0.2) is 41.2 Å². The van der Waals surface area contributed by atoms with E-state index >= 15 is 0 Å². The zero-order valence-corrected chi connectivity index (χ0v) is 13.5. The van der Waals surface area contributed by atoms with Crippen LogP contribution in [0, 0.1) is 0 Å². The minimum Gasteiger partial charge on any atom is -0.469 e. The number of benzene rings is 1. The van der Waals surface area contributed by atoms with Gasteiger partial charge < -0.3 is 9.72 Å². The summed E-state index contributed by atoms with van der Waals surface area (Å²) in [7, 11) is 1.29. The number of azide groups is 1. The van der Waals surface area contributed by atoms with Crippen molar-refractivity contribution >= 4 is 16.9 Å². The van der Waals surface area contributed by atoms with E-state index in [4.69, 9.17) is 10.3 Å². The smallest absolute Gasteiger partial charge is 0.314 e. The molecule has 0 radical (unpaired) electrons. The van der Waals surface area contributed by atoms with Gasteiger partial charge in [-0.1, -0.05) is 28.9 Å². The van der Waals surface area contributed by atoms with E-state index in [2.05, 4.69) is 41.0 Å². The molecule has 2 aromatic rings. The molecule has 0 aliphatic carbocycles. The first-order chi connectivity index (χ1) is 11.1. The molecule has 2 rings (SSSR count). The molecule has 23 heavy (non-hydrogen) atoms. The summed E-state index contributed by atoms with van der Waals surface area (Å²) in [5.74, 6) is -0.529. The molecular formula is C17H20N4O2. The lowest BCUT2D eigenvalue weighted by atomic mass is 9.99. The first-order valence-electron chi connectivity index (χ1n) is 7.40. The third-order valence-corrected chi connectivity index (χ3v) is 3.68. The van der Waals surface area contributed by atoms with E-state index in [-0.39, 0.29) is 0 Å². The second kappa shape index (κ2) is 7.51. The molecule has 1 atom stereocenters. The summed E-state index contributed by atoms with van der Waals surface area (Å²) < 4.78 is 4.71. The van der Waals surface area contributed by atoms with Crippen LogP contribution in [0.5, 0.6) is 0 Å². The highest BCUT2D eigenvalue weighted by atomic mass is 16.5. The maximum atomic E-state index is 11.8. The topological polar surface area (TPSA) is 90.9 Å². The molecule has 6 heteroatoms. The summed E-state index contributed by atoms with van der Waals surface area (Å²) in [6.07, 6.45) is 5.15. The zero-order valence-electron chi connectivity index (χ0n) is 13.5. The molecule has 0 aliphatic rings. The maximum absolute atomic E-state index is 11.8. The van der Waals surface area contributed by atoms with Crippen LogP contribution in [0.25, 0.3) is 21.3 Å². The number of carbonyl (C=O) groups is 1. The van der Waals surface area contributed by atoms with Crippen molar-refractivity contribution in [1.29, 1.82) is 0 Å². The Morgan fingerprint density at radius 2 is 2.22 bits per heavy atom. The van der Waals surface area contributed by atoms with Crippen LogP contribution in [0.2, 0.25) is 0 Å². The number of nitrogens with zero attached hydrogens (tertiary/aromatic N) is 3. The van der Waals surface area contributed by atoms with Crippen molar-refractivity contribution in [3.05, 3.63) is 57.6 Å². The highest BCUT2D eigenvalue weighted by Crippen LogP contribution is 2.25. The van der Waals surface area contributed by atoms with Crippen LogP contribution >= 0.6 is 0 Å². The van der Waals surface area contributed by atoms with E-state index in [1.165, 1.54) is 18.2 Å². The largest absolute Gasteiger partial charge is 0.469 e. The van der Waals surface area contributed by atoms with Crippen molar-refractivity contribution in [3.8, 4) is 0 Å². The van der Waals surface area contributed by atoms with Crippen molar-refractivity contribution < 1.29 is 9.53 Å². The van der Waals surface area contributed by atoms with Gasteiger partial charge in [0.1, 0.15) is 6.04 Å². The predicted molar refractivity (Wildman–Crippen MR) is 90.1 cm³/mol. The number of hydrogen-bond acceptors (Lipinski definition) is 3. The van der Waals surface area contributed by atoms with Crippen LogP contribution in [-0.4, -0.2) is 24.1 Å². The number of hydrogen-bond donors (Lipinski definition) is 1. The molecule has 1 aromatic heterocycles. The van der Waals surface area contributed by atoms with Crippen LogP contribution < -0.4 is 0 Å². The second-order valence-corrected chi connectivity index (χ2v) is 5.59. The monoisotopic (exact) mass is 312 g/mol. The van der Waals surface area contributed by atoms with Crippen molar-refractivity contribution in [2.75, 3.05) is 7.11 Å². The number of fused-ring (bicyclic) bond motifs is 1. The number of aromatic nitrogens is 1. The van der Waals surface area contributed by atoms with Gasteiger partial charge in [0.05, 0.1) is 7.11 Å². The molecule has 0 amide bonds. The SMILES string of the molecule is COC(=O)[C@H](Cc1c[nH]c2cccc(CC=C(C)C)c12)N=[N+]=[N-]. The second-order valence-electron chi connectivity index (χ2n) is 5.59. The van der Waals surface area contributed by atoms with E-state index in [0.717, 1.165) is 22.9 Å². The number of nitrogens with one attached hydrogen (secondary N) is 1. The average Bonchev–Trinajstić information content (AvgIpc) is 2.95. The minimum atomic E-state index is -0.861. The Kier molecular flexibility index (Phi) is 5.44. The average molecular weight is 312 g/mol. The normalized spacial score (nSPS) is 11.6. The number of carbonyl (C=O) groups excluding carboxylic acids is 1. The molecular weight excluding hydrogens is 292 g/mol. The quantitative estimate of drug-likeness (QED) is 0.286. The van der Waals surface area contributed by atoms with E-state index in [9.17, 15) is 4.79 Å². The number of rotatable bonds is 6. The van der Waals surface area contributed by atoms with Gasteiger partial charge in [-0.15, -0.1) is 0 Å². The summed E-state index contributed by atoms with van der Waals surface area (Å²) in [5.41, 5.74) is 13.0. The number of allylic oxidation sites excluding steroid dienone is 2. The number of aromatic amines is 1. The van der Waals surface area contributed by atoms with E-state index in [1.54, 1.807) is 0 Å². The van der Waals surface area contributed by atoms with E-state index in [0.29, 0.717) is 6.42 Å². The van der Waals surface area contributed by atoms with Crippen molar-refractivity contribution in [2.45, 2.75) is 32.7 Å². The summed E-state index contributed by atoms with van der Waals surface area (Å²) >= 11 is 0. The Hall–Kier alpha value is -2.72. The van der Waals surface area contributed by atoms with Gasteiger partial charge >= 0.3 is 5.97 Å². The Labute approximate surface area is 134 Å². The Balaban J connectivity index is 2.42. The fourth-order valence-electron chi connectivity index (χ4n) is 2.56. The van der Waals surface area contributed by atoms with Crippen LogP contribution in [0.1, 0.15) is 25.0 Å². The highest BCUT2D eigenvalue weighted by molar-refractivity contribution is 5.88. The molecule has 0 aliphatic heterocycles. The molecule has 0 saturated carbocycles. The highest BCUT2D eigenvalue weighted by Gasteiger charge is 2.20. The Morgan fingerprint density at radius 3 is 2.87 bits per heavy atom. The molecule has 1 aromatic carbocycles. The lowest BCUT2D eigenvalue weighted by molar-refractivity contribution is -0.142. The van der Waals surface area contributed by atoms with Gasteiger partial charge in [-0.2, -0.15) is 0 Å². The van der Waals surface area contributed by atoms with Gasteiger partial charge in [0.2, 0.25) is 0 Å². The van der Waals surface area contributed by atoms with Gasteiger partial charge in [0.15, 0.2) is 0 Å². The van der Waals surface area contributed by atoms with Crippen LogP contribution in [0.3, 0.4) is 0 Å². The number of ether oxygens (including phenoxy) is 1. The molecule has 0 saturated heterocycles. The Bertz CT molecular complexity index is 781. The third-order valence-electron chi connectivity index (χ3n) is 3.68. The molecule has 1 heterocycles. The maximum Gasteiger partial charge on any atom is 0.314 e. The summed E-state index contributed by atoms with van der Waals surface area (Å²) in [6.45, 7) is 4.13. The number of methoxy groups -OCH3 is 1. The predicted octanol–water partition coefficient (Wildman–Crippen LogP) is 4.07. The van der Waals surface area contributed by atoms with Crippen LogP contribution in [0.4, 0.5) is 0 Å². The Morgan fingerprint density at radius 1 is 1.43 bits per heavy atom. The number of H-pyrrole nitrogens is 1. The zero-order chi connectivity index (χ0) is 16.8. The first-order valence-corrected chi connectivity index (χ1v) is 7.40. The van der Waals surface area contributed by atoms with Crippen LogP contribution in [-0.2, 0) is 22.4 Å². The fraction of sp³-hybridized carbons (Fsp3) is 0.353. The lowest BCUT2D eigenvalue weighted by Gasteiger charge is -2.09. The van der Waals surface area contributed by atoms with Crippen molar-refractivity contribution in [2.24, 2.45) is 5.11 Å². The van der Waals surface area contributed by atoms with Crippen molar-refractivity contribution in [1.82, 2.24) is 4.98 Å². The van der Waals surface area contributed by atoms with Gasteiger partial charge in [-0.3, -0.25) is 4.79 Å². The van der Waals surface area contributed by atoms with Gasteiger partial charge in [-0.25, -0.2) is 0 Å². The van der Waals surface area contributed by atoms with E-state index < -0.39 is 12.0 Å². The summed E-state index contributed by atoms with van der Waals surface area (Å²) in [6, 6.07) is 5.20. The third kappa shape index (κ3) is 3.93. The van der Waals surface area contributed by atoms with Crippen molar-refractivity contribution in [3.63, 3.8) is 0 Å². The summed E-state index contributed by atoms with van der Waals surface area (Å²) in [4.78, 5) is 17.7. The first kappa shape index (κ1) is 16.6. The van der Waals surface area contributed by atoms with Gasteiger partial charge in [0, 0.05) is 22.0 Å². The fourth-order valence-corrected chi connectivity index (χ4v) is 2.56. The lowest BCUT2D eigenvalue weighted by Crippen LogP contribution is -2.22. The van der Waals surface area contributed by atoms with Gasteiger partial charge in [0.25, 0.3) is 0 Å². The van der Waals surface area contributed by atoms with E-state index in [1.807, 2.05) is 18.3 Å². The molecule has 1 N–H and O–H groups in total. The molecule has 0 fully saturated rings. The standard InChI is InChI=1S/C17H20N4O2/c1-11(2)7-8-12-5-4-6-14-16(12)13(10-19-14)9-15(20-21-18)17(22)23-3/h4-7,10,15,19H,8-9H2,1-3H3/t15-/m0/s1. The number of esters is 1.